The van der Waals surface area contributed by atoms with Crippen LogP contribution in [-0.2, 0) is 17.7 Å². The zero-order valence-corrected chi connectivity index (χ0v) is 18.7. The van der Waals surface area contributed by atoms with Crippen LogP contribution >= 0.6 is 0 Å². The van der Waals surface area contributed by atoms with Gasteiger partial charge < -0.3 is 20.3 Å². The molecule has 0 bridgehead atoms. The highest BCUT2D eigenvalue weighted by atomic mass is 16.5. The van der Waals surface area contributed by atoms with Gasteiger partial charge in [0, 0.05) is 51.8 Å². The van der Waals surface area contributed by atoms with Crippen molar-refractivity contribution in [3.05, 3.63) is 72.2 Å². The van der Waals surface area contributed by atoms with Crippen LogP contribution in [0.5, 0.6) is 0 Å². The summed E-state index contributed by atoms with van der Waals surface area (Å²) >= 11 is 0. The average Bonchev–Trinajstić information content (AvgIpc) is 3.37. The molecule has 8 heteroatoms. The molecule has 1 aliphatic heterocycles. The Hall–Kier alpha value is -3.39. The van der Waals surface area contributed by atoms with Crippen molar-refractivity contribution in [1.29, 1.82) is 0 Å². The standard InChI is InChI=1S/C24H31N7O/c1-19-18-30(14-15-32-19)23-16-21(9-11-26-23)17-28-24(25-2)27-12-8-20-4-6-22(7-5-20)31-13-3-10-29-31/h3-7,9-11,13,16,19H,8,12,14-15,17-18H2,1-2H3,(H2,25,27,28). The van der Waals surface area contributed by atoms with Gasteiger partial charge in [0.15, 0.2) is 5.96 Å². The van der Waals surface area contributed by atoms with Crippen molar-refractivity contribution >= 4 is 11.8 Å². The molecular weight excluding hydrogens is 402 g/mol. The normalized spacial score (nSPS) is 16.8. The van der Waals surface area contributed by atoms with E-state index in [1.165, 1.54) is 11.1 Å². The van der Waals surface area contributed by atoms with Gasteiger partial charge in [-0.2, -0.15) is 5.10 Å². The fourth-order valence-corrected chi connectivity index (χ4v) is 3.74. The van der Waals surface area contributed by atoms with Gasteiger partial charge in [-0.25, -0.2) is 9.67 Å². The monoisotopic (exact) mass is 433 g/mol. The summed E-state index contributed by atoms with van der Waals surface area (Å²) in [5.41, 5.74) is 3.50. The topological polar surface area (TPSA) is 79.6 Å². The number of benzene rings is 1. The van der Waals surface area contributed by atoms with E-state index in [1.54, 1.807) is 13.2 Å². The van der Waals surface area contributed by atoms with Crippen molar-refractivity contribution in [3.63, 3.8) is 0 Å². The third kappa shape index (κ3) is 5.85. The number of pyridine rings is 1. The van der Waals surface area contributed by atoms with E-state index in [0.29, 0.717) is 6.54 Å². The Morgan fingerprint density at radius 2 is 2.03 bits per heavy atom. The zero-order chi connectivity index (χ0) is 22.2. The van der Waals surface area contributed by atoms with Gasteiger partial charge in [-0.05, 0) is 54.8 Å². The molecule has 1 saturated heterocycles. The number of morpholine rings is 1. The number of hydrogen-bond acceptors (Lipinski definition) is 5. The largest absolute Gasteiger partial charge is 0.375 e. The summed E-state index contributed by atoms with van der Waals surface area (Å²) in [6.07, 6.45) is 6.74. The van der Waals surface area contributed by atoms with E-state index < -0.39 is 0 Å². The fraction of sp³-hybridized carbons (Fsp3) is 0.375. The maximum atomic E-state index is 5.64. The number of guanidine groups is 1. The first-order valence-corrected chi connectivity index (χ1v) is 11.1. The molecular formula is C24H31N7O. The predicted molar refractivity (Wildman–Crippen MR) is 127 cm³/mol. The van der Waals surface area contributed by atoms with Crippen molar-refractivity contribution in [2.45, 2.75) is 26.0 Å². The van der Waals surface area contributed by atoms with Crippen LogP contribution in [0.25, 0.3) is 5.69 Å². The minimum Gasteiger partial charge on any atom is -0.375 e. The maximum absolute atomic E-state index is 5.64. The molecule has 0 spiro atoms. The predicted octanol–water partition coefficient (Wildman–Crippen LogP) is 2.40. The molecule has 0 saturated carbocycles. The van der Waals surface area contributed by atoms with E-state index in [4.69, 9.17) is 4.74 Å². The first-order valence-electron chi connectivity index (χ1n) is 11.1. The number of rotatable bonds is 7. The lowest BCUT2D eigenvalue weighted by Gasteiger charge is -2.32. The van der Waals surface area contributed by atoms with Crippen molar-refractivity contribution in [2.24, 2.45) is 4.99 Å². The number of nitrogens with one attached hydrogen (secondary N) is 2. The molecule has 3 heterocycles. The van der Waals surface area contributed by atoms with Crippen LogP contribution in [0, 0.1) is 0 Å². The van der Waals surface area contributed by atoms with E-state index in [0.717, 1.165) is 50.1 Å². The van der Waals surface area contributed by atoms with Crippen LogP contribution in [0.4, 0.5) is 5.82 Å². The zero-order valence-electron chi connectivity index (χ0n) is 18.7. The quantitative estimate of drug-likeness (QED) is 0.440. The molecule has 4 rings (SSSR count). The summed E-state index contributed by atoms with van der Waals surface area (Å²) in [4.78, 5) is 11.2. The molecule has 2 aromatic heterocycles. The minimum absolute atomic E-state index is 0.233. The van der Waals surface area contributed by atoms with E-state index in [2.05, 4.69) is 67.9 Å². The Bertz CT molecular complexity index is 1000. The van der Waals surface area contributed by atoms with Gasteiger partial charge in [0.1, 0.15) is 5.82 Å². The van der Waals surface area contributed by atoms with Gasteiger partial charge in [0.25, 0.3) is 0 Å². The van der Waals surface area contributed by atoms with Crippen molar-refractivity contribution in [3.8, 4) is 5.69 Å². The highest BCUT2D eigenvalue weighted by Gasteiger charge is 2.18. The maximum Gasteiger partial charge on any atom is 0.191 e. The molecule has 32 heavy (non-hydrogen) atoms. The summed E-state index contributed by atoms with van der Waals surface area (Å²) < 4.78 is 7.49. The smallest absolute Gasteiger partial charge is 0.191 e. The van der Waals surface area contributed by atoms with Gasteiger partial charge in [-0.1, -0.05) is 12.1 Å². The summed E-state index contributed by atoms with van der Waals surface area (Å²) in [5, 5.41) is 11.0. The first kappa shape index (κ1) is 21.8. The van der Waals surface area contributed by atoms with Crippen LogP contribution in [0.1, 0.15) is 18.1 Å². The number of anilines is 1. The second kappa shape index (κ2) is 10.8. The van der Waals surface area contributed by atoms with E-state index in [1.807, 2.05) is 29.2 Å². The van der Waals surface area contributed by atoms with Crippen molar-refractivity contribution in [2.75, 3.05) is 38.2 Å². The number of aliphatic imine (C=N–C) groups is 1. The summed E-state index contributed by atoms with van der Waals surface area (Å²) in [6, 6.07) is 14.6. The molecule has 3 aromatic rings. The van der Waals surface area contributed by atoms with E-state index in [-0.39, 0.29) is 6.10 Å². The molecule has 2 N–H and O–H groups in total. The van der Waals surface area contributed by atoms with Crippen LogP contribution < -0.4 is 15.5 Å². The Morgan fingerprint density at radius 3 is 2.78 bits per heavy atom. The Kier molecular flexibility index (Phi) is 7.34. The molecule has 1 unspecified atom stereocenters. The highest BCUT2D eigenvalue weighted by molar-refractivity contribution is 5.79. The number of ether oxygens (including phenoxy) is 1. The van der Waals surface area contributed by atoms with Gasteiger partial charge in [-0.3, -0.25) is 4.99 Å². The van der Waals surface area contributed by atoms with Crippen molar-refractivity contribution < 1.29 is 4.74 Å². The lowest BCUT2D eigenvalue weighted by molar-refractivity contribution is 0.0529. The molecule has 0 amide bonds. The Labute approximate surface area is 189 Å². The first-order chi connectivity index (χ1) is 15.7. The summed E-state index contributed by atoms with van der Waals surface area (Å²) in [6.45, 7) is 6.08. The second-order valence-electron chi connectivity index (χ2n) is 7.87. The lowest BCUT2D eigenvalue weighted by Crippen LogP contribution is -2.41. The highest BCUT2D eigenvalue weighted by Crippen LogP contribution is 2.16. The van der Waals surface area contributed by atoms with Gasteiger partial charge in [0.2, 0.25) is 0 Å². The average molecular weight is 434 g/mol. The third-order valence-corrected chi connectivity index (χ3v) is 5.47. The molecule has 1 aromatic carbocycles. The summed E-state index contributed by atoms with van der Waals surface area (Å²) in [7, 11) is 1.79. The van der Waals surface area contributed by atoms with Crippen molar-refractivity contribution in [1.82, 2.24) is 25.4 Å². The molecule has 0 radical (unpaired) electrons. The summed E-state index contributed by atoms with van der Waals surface area (Å²) in [5.74, 6) is 1.79. The van der Waals surface area contributed by atoms with Gasteiger partial charge >= 0.3 is 0 Å². The molecule has 1 atom stereocenters. The van der Waals surface area contributed by atoms with Gasteiger partial charge in [-0.15, -0.1) is 0 Å². The fourth-order valence-electron chi connectivity index (χ4n) is 3.74. The Balaban J connectivity index is 1.24. The van der Waals surface area contributed by atoms with Crippen LogP contribution in [0.2, 0.25) is 0 Å². The second-order valence-corrected chi connectivity index (χ2v) is 7.87. The lowest BCUT2D eigenvalue weighted by atomic mass is 10.1. The van der Waals surface area contributed by atoms with E-state index in [9.17, 15) is 0 Å². The number of aromatic nitrogens is 3. The van der Waals surface area contributed by atoms with Crippen LogP contribution in [0.3, 0.4) is 0 Å². The molecule has 168 valence electrons. The minimum atomic E-state index is 0.233. The molecule has 8 nitrogen and oxygen atoms in total. The molecule has 1 fully saturated rings. The molecule has 0 aliphatic carbocycles. The molecule has 1 aliphatic rings. The SMILES string of the molecule is CN=C(NCCc1ccc(-n2cccn2)cc1)NCc1ccnc(N2CCOC(C)C2)c1. The number of nitrogens with zero attached hydrogens (tertiary/aromatic N) is 5. The van der Waals surface area contributed by atoms with Gasteiger partial charge in [0.05, 0.1) is 18.4 Å². The number of hydrogen-bond donors (Lipinski definition) is 2. The third-order valence-electron chi connectivity index (χ3n) is 5.47. The van der Waals surface area contributed by atoms with Crippen LogP contribution in [0.15, 0.2) is 66.0 Å². The Morgan fingerprint density at radius 1 is 1.16 bits per heavy atom. The van der Waals surface area contributed by atoms with E-state index >= 15 is 0 Å². The van der Waals surface area contributed by atoms with Crippen LogP contribution in [-0.4, -0.2) is 60.1 Å².